The van der Waals surface area contributed by atoms with E-state index in [0.29, 0.717) is 39.4 Å². The third kappa shape index (κ3) is 13.1. The molecule has 0 bridgehead atoms. The van der Waals surface area contributed by atoms with Crippen LogP contribution in [0.1, 0.15) is 24.0 Å². The summed E-state index contributed by atoms with van der Waals surface area (Å²) in [4.78, 5) is 22.2. The van der Waals surface area contributed by atoms with Crippen molar-refractivity contribution in [3.8, 4) is 0 Å². The number of rotatable bonds is 10. The largest absolute Gasteiger partial charge is 0.445 e. The van der Waals surface area contributed by atoms with Crippen LogP contribution >= 0.6 is 0 Å². The molecule has 0 atom stereocenters. The molecule has 8 nitrogen and oxygen atoms in total. The van der Waals surface area contributed by atoms with E-state index < -0.39 is 12.2 Å². The molecule has 8 heteroatoms. The molecule has 30 heavy (non-hydrogen) atoms. The summed E-state index contributed by atoms with van der Waals surface area (Å²) < 4.78 is 9.97. The SMILES string of the molecule is NCCCNC(=O)OCc1ccccc1.NCCCNC(=O)OCc1ccccc1. The first-order valence-corrected chi connectivity index (χ1v) is 9.95. The van der Waals surface area contributed by atoms with Gasteiger partial charge in [0.2, 0.25) is 0 Å². The number of alkyl carbamates (subject to hydrolysis) is 2. The van der Waals surface area contributed by atoms with Gasteiger partial charge in [0, 0.05) is 13.1 Å². The van der Waals surface area contributed by atoms with Gasteiger partial charge in [0.15, 0.2) is 0 Å². The summed E-state index contributed by atoms with van der Waals surface area (Å²) in [6.07, 6.45) is 0.737. The van der Waals surface area contributed by atoms with Crippen LogP contribution in [0.25, 0.3) is 0 Å². The molecule has 2 aromatic rings. The Balaban J connectivity index is 0.000000300. The zero-order valence-corrected chi connectivity index (χ0v) is 17.2. The van der Waals surface area contributed by atoms with Gasteiger partial charge in [-0.2, -0.15) is 0 Å². The number of nitrogens with one attached hydrogen (secondary N) is 2. The van der Waals surface area contributed by atoms with Gasteiger partial charge in [-0.15, -0.1) is 0 Å². The van der Waals surface area contributed by atoms with Crippen LogP contribution in [0.15, 0.2) is 60.7 Å². The Bertz CT molecular complexity index is 637. The van der Waals surface area contributed by atoms with Crippen LogP contribution in [0.3, 0.4) is 0 Å². The summed E-state index contributed by atoms with van der Waals surface area (Å²) in [7, 11) is 0. The minimum Gasteiger partial charge on any atom is -0.445 e. The first kappa shape index (κ1) is 24.9. The molecule has 164 valence electrons. The quantitative estimate of drug-likeness (QED) is 0.441. The number of benzene rings is 2. The van der Waals surface area contributed by atoms with E-state index in [9.17, 15) is 9.59 Å². The van der Waals surface area contributed by atoms with E-state index in [0.717, 1.165) is 24.0 Å². The van der Waals surface area contributed by atoms with Crippen LogP contribution in [-0.4, -0.2) is 38.4 Å². The molecular weight excluding hydrogens is 384 g/mol. The Morgan fingerprint density at radius 1 is 0.667 bits per heavy atom. The lowest BCUT2D eigenvalue weighted by Gasteiger charge is -2.06. The molecule has 0 radical (unpaired) electrons. The van der Waals surface area contributed by atoms with E-state index in [1.54, 1.807) is 0 Å². The minimum atomic E-state index is -0.396. The van der Waals surface area contributed by atoms with Crippen molar-refractivity contribution < 1.29 is 19.1 Å². The summed E-state index contributed by atoms with van der Waals surface area (Å²) in [6.45, 7) is 2.86. The van der Waals surface area contributed by atoms with Gasteiger partial charge in [-0.1, -0.05) is 60.7 Å². The van der Waals surface area contributed by atoms with Crippen molar-refractivity contribution in [2.75, 3.05) is 26.2 Å². The molecule has 2 aromatic carbocycles. The predicted octanol–water partition coefficient (Wildman–Crippen LogP) is 2.52. The molecule has 0 saturated carbocycles. The normalized spacial score (nSPS) is 9.67. The van der Waals surface area contributed by atoms with Crippen LogP contribution in [0.2, 0.25) is 0 Å². The van der Waals surface area contributed by atoms with E-state index in [1.165, 1.54) is 0 Å². The van der Waals surface area contributed by atoms with Gasteiger partial charge in [-0.25, -0.2) is 9.59 Å². The Morgan fingerprint density at radius 2 is 1.03 bits per heavy atom. The number of hydrogen-bond donors (Lipinski definition) is 4. The standard InChI is InChI=1S/2C11H16N2O2/c2*12-7-4-8-13-11(14)15-9-10-5-2-1-3-6-10/h2*1-3,5-6H,4,7-9,12H2,(H,13,14). The van der Waals surface area contributed by atoms with Crippen molar-refractivity contribution in [2.24, 2.45) is 11.5 Å². The number of nitrogens with two attached hydrogens (primary N) is 2. The summed E-state index contributed by atoms with van der Waals surface area (Å²) in [5, 5.41) is 5.23. The molecule has 0 aliphatic rings. The van der Waals surface area contributed by atoms with Crippen LogP contribution in [0.4, 0.5) is 9.59 Å². The maximum atomic E-state index is 11.1. The highest BCUT2D eigenvalue weighted by Gasteiger charge is 2.01. The van der Waals surface area contributed by atoms with Crippen molar-refractivity contribution in [3.05, 3.63) is 71.8 Å². The van der Waals surface area contributed by atoms with Gasteiger partial charge in [-0.3, -0.25) is 0 Å². The highest BCUT2D eigenvalue weighted by molar-refractivity contribution is 5.67. The topological polar surface area (TPSA) is 129 Å². The lowest BCUT2D eigenvalue weighted by atomic mass is 10.2. The van der Waals surface area contributed by atoms with Crippen molar-refractivity contribution in [2.45, 2.75) is 26.1 Å². The second kappa shape index (κ2) is 16.8. The van der Waals surface area contributed by atoms with Gasteiger partial charge in [0.25, 0.3) is 0 Å². The van der Waals surface area contributed by atoms with Crippen LogP contribution in [0.5, 0.6) is 0 Å². The number of hydrogen-bond acceptors (Lipinski definition) is 6. The molecule has 6 N–H and O–H groups in total. The summed E-state index contributed by atoms with van der Waals surface area (Å²) in [6, 6.07) is 19.1. The number of carbonyl (C=O) groups excluding carboxylic acids is 2. The van der Waals surface area contributed by atoms with E-state index in [1.807, 2.05) is 60.7 Å². The molecule has 0 unspecified atom stereocenters. The van der Waals surface area contributed by atoms with Crippen molar-refractivity contribution in [3.63, 3.8) is 0 Å². The van der Waals surface area contributed by atoms with E-state index in [4.69, 9.17) is 20.9 Å². The van der Waals surface area contributed by atoms with Gasteiger partial charge >= 0.3 is 12.2 Å². The zero-order valence-electron chi connectivity index (χ0n) is 17.2. The van der Waals surface area contributed by atoms with Crippen LogP contribution < -0.4 is 22.1 Å². The Kier molecular flexibility index (Phi) is 14.0. The van der Waals surface area contributed by atoms with Crippen molar-refractivity contribution >= 4 is 12.2 Å². The predicted molar refractivity (Wildman–Crippen MR) is 117 cm³/mol. The third-order valence-corrected chi connectivity index (χ3v) is 3.73. The lowest BCUT2D eigenvalue weighted by molar-refractivity contribution is 0.139. The van der Waals surface area contributed by atoms with E-state index in [-0.39, 0.29) is 0 Å². The first-order valence-electron chi connectivity index (χ1n) is 9.95. The average Bonchev–Trinajstić information content (AvgIpc) is 2.78. The fraction of sp³-hybridized carbons (Fsp3) is 0.364. The smallest absolute Gasteiger partial charge is 0.407 e. The van der Waals surface area contributed by atoms with Gasteiger partial charge in [0.1, 0.15) is 13.2 Å². The summed E-state index contributed by atoms with van der Waals surface area (Å²) in [5.41, 5.74) is 12.5. The maximum Gasteiger partial charge on any atom is 0.407 e. The molecule has 0 aromatic heterocycles. The second-order valence-electron chi connectivity index (χ2n) is 6.26. The zero-order chi connectivity index (χ0) is 21.9. The highest BCUT2D eigenvalue weighted by Crippen LogP contribution is 2.01. The van der Waals surface area contributed by atoms with E-state index in [2.05, 4.69) is 10.6 Å². The van der Waals surface area contributed by atoms with Crippen LogP contribution in [0, 0.1) is 0 Å². The number of ether oxygens (including phenoxy) is 2. The van der Waals surface area contributed by atoms with Crippen molar-refractivity contribution in [1.82, 2.24) is 10.6 Å². The Labute approximate surface area is 177 Å². The Hall–Kier alpha value is -3.10. The Morgan fingerprint density at radius 3 is 1.37 bits per heavy atom. The van der Waals surface area contributed by atoms with Crippen molar-refractivity contribution in [1.29, 1.82) is 0 Å². The minimum absolute atomic E-state index is 0.301. The van der Waals surface area contributed by atoms with Gasteiger partial charge in [-0.05, 0) is 37.1 Å². The fourth-order valence-electron chi connectivity index (χ4n) is 2.13. The highest BCUT2D eigenvalue weighted by atomic mass is 16.6. The van der Waals surface area contributed by atoms with Gasteiger partial charge in [0.05, 0.1) is 0 Å². The average molecular weight is 417 g/mol. The molecule has 0 aliphatic carbocycles. The fourth-order valence-corrected chi connectivity index (χ4v) is 2.13. The first-order chi connectivity index (χ1) is 14.7. The molecule has 0 aliphatic heterocycles. The third-order valence-electron chi connectivity index (χ3n) is 3.73. The lowest BCUT2D eigenvalue weighted by Crippen LogP contribution is -2.26. The summed E-state index contributed by atoms with van der Waals surface area (Å²) in [5.74, 6) is 0. The molecule has 2 amide bonds. The molecule has 0 heterocycles. The van der Waals surface area contributed by atoms with Crippen LogP contribution in [-0.2, 0) is 22.7 Å². The second-order valence-corrected chi connectivity index (χ2v) is 6.26. The molecular formula is C22H32N4O4. The summed E-state index contributed by atoms with van der Waals surface area (Å²) >= 11 is 0. The molecule has 0 spiro atoms. The number of carbonyl (C=O) groups is 2. The maximum absolute atomic E-state index is 11.1. The molecule has 2 rings (SSSR count). The molecule has 0 saturated heterocycles. The number of amides is 2. The monoisotopic (exact) mass is 416 g/mol. The van der Waals surface area contributed by atoms with E-state index >= 15 is 0 Å². The van der Waals surface area contributed by atoms with Gasteiger partial charge < -0.3 is 31.6 Å². The molecule has 0 fully saturated rings.